The first-order valence-corrected chi connectivity index (χ1v) is 10.6. The van der Waals surface area contributed by atoms with Crippen LogP contribution < -0.4 is 16.0 Å². The maximum atomic E-state index is 12.8. The van der Waals surface area contributed by atoms with E-state index in [1.807, 2.05) is 20.8 Å². The van der Waals surface area contributed by atoms with E-state index in [2.05, 4.69) is 16.0 Å². The third kappa shape index (κ3) is 7.35. The molecule has 0 aromatic carbocycles. The van der Waals surface area contributed by atoms with Crippen LogP contribution in [-0.2, 0) is 28.6 Å². The molecule has 3 unspecified atom stereocenters. The van der Waals surface area contributed by atoms with Crippen molar-refractivity contribution in [1.82, 2.24) is 16.0 Å². The molecular formula is C20H33N3O8. The highest BCUT2D eigenvalue weighted by molar-refractivity contribution is 5.90. The van der Waals surface area contributed by atoms with Crippen molar-refractivity contribution in [3.63, 3.8) is 0 Å². The van der Waals surface area contributed by atoms with Gasteiger partial charge in [-0.25, -0.2) is 9.59 Å². The zero-order chi connectivity index (χ0) is 23.0. The zero-order valence-electron chi connectivity index (χ0n) is 18.3. The molecule has 0 spiro atoms. The molecule has 2 fully saturated rings. The van der Waals surface area contributed by atoms with Gasteiger partial charge in [0.1, 0.15) is 18.9 Å². The number of alkyl carbamates (subject to hydrolysis) is 1. The lowest BCUT2D eigenvalue weighted by atomic mass is 9.97. The number of hydrogen-bond donors (Lipinski definition) is 4. The van der Waals surface area contributed by atoms with Crippen LogP contribution in [0.25, 0.3) is 0 Å². The second-order valence-electron chi connectivity index (χ2n) is 8.48. The van der Waals surface area contributed by atoms with Gasteiger partial charge in [0.25, 0.3) is 0 Å². The molecule has 0 aliphatic carbocycles. The van der Waals surface area contributed by atoms with Gasteiger partial charge in [0.05, 0.1) is 13.2 Å². The van der Waals surface area contributed by atoms with Gasteiger partial charge in [-0.3, -0.25) is 9.59 Å². The summed E-state index contributed by atoms with van der Waals surface area (Å²) >= 11 is 0. The van der Waals surface area contributed by atoms with Gasteiger partial charge in [-0.1, -0.05) is 20.8 Å². The highest BCUT2D eigenvalue weighted by Gasteiger charge is 2.38. The summed E-state index contributed by atoms with van der Waals surface area (Å²) in [7, 11) is 0. The van der Waals surface area contributed by atoms with Gasteiger partial charge in [-0.05, 0) is 31.6 Å². The molecule has 0 aromatic rings. The van der Waals surface area contributed by atoms with Crippen molar-refractivity contribution < 1.29 is 38.5 Å². The second kappa shape index (κ2) is 11.3. The Morgan fingerprint density at radius 2 is 1.90 bits per heavy atom. The predicted octanol–water partition coefficient (Wildman–Crippen LogP) is 0.376. The number of amides is 3. The maximum absolute atomic E-state index is 12.8. The molecule has 0 radical (unpaired) electrons. The van der Waals surface area contributed by atoms with Gasteiger partial charge in [0, 0.05) is 12.5 Å². The van der Waals surface area contributed by atoms with E-state index < -0.39 is 41.6 Å². The molecule has 3 amide bonds. The van der Waals surface area contributed by atoms with Crippen LogP contribution in [0.3, 0.4) is 0 Å². The van der Waals surface area contributed by atoms with Crippen LogP contribution in [-0.4, -0.2) is 73.2 Å². The van der Waals surface area contributed by atoms with E-state index >= 15 is 0 Å². The zero-order valence-corrected chi connectivity index (χ0v) is 18.3. The Hall–Kier alpha value is -2.40. The molecule has 3 atom stereocenters. The minimum absolute atomic E-state index is 0.0145. The number of carbonyl (C=O) groups excluding carboxylic acids is 3. The summed E-state index contributed by atoms with van der Waals surface area (Å²) in [5.41, 5.74) is -0.944. The molecule has 11 nitrogen and oxygen atoms in total. The van der Waals surface area contributed by atoms with Crippen LogP contribution in [0.4, 0.5) is 4.79 Å². The quantitative estimate of drug-likeness (QED) is 0.378. The number of nitrogens with one attached hydrogen (secondary N) is 3. The van der Waals surface area contributed by atoms with Gasteiger partial charge in [0.15, 0.2) is 5.60 Å². The van der Waals surface area contributed by atoms with Crippen molar-refractivity contribution in [1.29, 1.82) is 0 Å². The van der Waals surface area contributed by atoms with Gasteiger partial charge in [-0.15, -0.1) is 0 Å². The molecule has 2 rings (SSSR count). The lowest BCUT2D eigenvalue weighted by molar-refractivity contribution is -0.200. The van der Waals surface area contributed by atoms with Crippen molar-refractivity contribution in [3.8, 4) is 0 Å². The third-order valence-electron chi connectivity index (χ3n) is 5.46. The first kappa shape index (κ1) is 24.9. The number of hydrogen-bond acceptors (Lipinski definition) is 7. The lowest BCUT2D eigenvalue weighted by Gasteiger charge is -2.35. The summed E-state index contributed by atoms with van der Waals surface area (Å²) in [5.74, 6) is -2.53. The van der Waals surface area contributed by atoms with Crippen LogP contribution >= 0.6 is 0 Å². The monoisotopic (exact) mass is 443 g/mol. The Bertz CT molecular complexity index is 663. The van der Waals surface area contributed by atoms with E-state index in [1.165, 1.54) is 0 Å². The Balaban J connectivity index is 2.01. The number of carboxylic acids is 1. The lowest BCUT2D eigenvalue weighted by Crippen LogP contribution is -2.55. The number of aliphatic carboxylic acids is 1. The highest BCUT2D eigenvalue weighted by atomic mass is 16.7. The molecule has 2 aliphatic rings. The maximum Gasteiger partial charge on any atom is 0.408 e. The molecule has 4 N–H and O–H groups in total. The SMILES string of the molecule is CCC1(OC(=O)NC(CC(C)C)C(=O)NC(CC2CCNC2=O)C(=O)O)COCOC1. The number of carbonyl (C=O) groups is 4. The fraction of sp³-hybridized carbons (Fsp3) is 0.800. The molecule has 0 bridgehead atoms. The van der Waals surface area contributed by atoms with Crippen LogP contribution in [0.2, 0.25) is 0 Å². The molecule has 31 heavy (non-hydrogen) atoms. The molecule has 2 aliphatic heterocycles. The van der Waals surface area contributed by atoms with E-state index in [1.54, 1.807) is 0 Å². The largest absolute Gasteiger partial charge is 0.480 e. The number of rotatable bonds is 10. The summed E-state index contributed by atoms with van der Waals surface area (Å²) in [6, 6.07) is -2.23. The summed E-state index contributed by atoms with van der Waals surface area (Å²) in [6.45, 7) is 6.56. The van der Waals surface area contributed by atoms with Gasteiger partial charge in [-0.2, -0.15) is 0 Å². The van der Waals surface area contributed by atoms with Gasteiger partial charge >= 0.3 is 12.1 Å². The molecule has 0 saturated carbocycles. The summed E-state index contributed by atoms with van der Waals surface area (Å²) in [4.78, 5) is 48.8. The highest BCUT2D eigenvalue weighted by Crippen LogP contribution is 2.21. The van der Waals surface area contributed by atoms with Crippen LogP contribution in [0.15, 0.2) is 0 Å². The average molecular weight is 443 g/mol. The average Bonchev–Trinajstić information content (AvgIpc) is 3.11. The normalized spacial score (nSPS) is 22.3. The fourth-order valence-corrected chi connectivity index (χ4v) is 3.61. The standard InChI is InChI=1S/C20H33N3O8/c1-4-20(9-29-11-30-10-20)31-19(28)23-14(7-12(2)3)17(25)22-15(18(26)27)8-13-5-6-21-16(13)24/h12-15H,4-11H2,1-3H3,(H,21,24)(H,22,25)(H,23,28)(H,26,27). The van der Waals surface area contributed by atoms with E-state index in [0.717, 1.165) is 0 Å². The van der Waals surface area contributed by atoms with Crippen molar-refractivity contribution in [2.24, 2.45) is 11.8 Å². The third-order valence-corrected chi connectivity index (χ3v) is 5.46. The smallest absolute Gasteiger partial charge is 0.408 e. The van der Waals surface area contributed by atoms with E-state index in [9.17, 15) is 24.3 Å². The topological polar surface area (TPSA) is 152 Å². The summed E-state index contributed by atoms with van der Waals surface area (Å²) in [5, 5.41) is 17.2. The summed E-state index contributed by atoms with van der Waals surface area (Å²) in [6.07, 6.45) is 0.440. The molecule has 11 heteroatoms. The molecule has 2 saturated heterocycles. The van der Waals surface area contributed by atoms with E-state index in [0.29, 0.717) is 19.4 Å². The molecule has 0 aromatic heterocycles. The summed E-state index contributed by atoms with van der Waals surface area (Å²) < 4.78 is 16.0. The Morgan fingerprint density at radius 1 is 1.23 bits per heavy atom. The Morgan fingerprint density at radius 3 is 2.42 bits per heavy atom. The van der Waals surface area contributed by atoms with E-state index in [4.69, 9.17) is 14.2 Å². The van der Waals surface area contributed by atoms with Crippen LogP contribution in [0.5, 0.6) is 0 Å². The van der Waals surface area contributed by atoms with E-state index in [-0.39, 0.29) is 44.7 Å². The van der Waals surface area contributed by atoms with Gasteiger partial charge in [0.2, 0.25) is 11.8 Å². The first-order valence-electron chi connectivity index (χ1n) is 10.6. The minimum Gasteiger partial charge on any atom is -0.480 e. The van der Waals surface area contributed by atoms with Crippen molar-refractivity contribution in [2.45, 2.75) is 64.1 Å². The Kier molecular flexibility index (Phi) is 9.05. The number of ether oxygens (including phenoxy) is 3. The first-order chi connectivity index (χ1) is 14.7. The van der Waals surface area contributed by atoms with Gasteiger partial charge < -0.3 is 35.3 Å². The van der Waals surface area contributed by atoms with Crippen molar-refractivity contribution in [3.05, 3.63) is 0 Å². The fourth-order valence-electron chi connectivity index (χ4n) is 3.61. The van der Waals surface area contributed by atoms with Crippen molar-refractivity contribution >= 4 is 23.9 Å². The second-order valence-corrected chi connectivity index (χ2v) is 8.48. The Labute approximate surface area is 181 Å². The molecule has 176 valence electrons. The predicted molar refractivity (Wildman–Crippen MR) is 108 cm³/mol. The molecular weight excluding hydrogens is 410 g/mol. The van der Waals surface area contributed by atoms with Crippen molar-refractivity contribution in [2.75, 3.05) is 26.6 Å². The van der Waals surface area contributed by atoms with Crippen LogP contribution in [0, 0.1) is 11.8 Å². The minimum atomic E-state index is -1.24. The number of carboxylic acid groups (broad SMARTS) is 1. The van der Waals surface area contributed by atoms with Crippen LogP contribution in [0.1, 0.15) is 46.5 Å². The molecule has 2 heterocycles.